The number of alkyl halides is 3. The first-order valence-corrected chi connectivity index (χ1v) is 10.0. The minimum absolute atomic E-state index is 0.0398. The smallest absolute Gasteiger partial charge is 0.307 e. The van der Waals surface area contributed by atoms with E-state index < -0.39 is 29.2 Å². The van der Waals surface area contributed by atoms with Crippen molar-refractivity contribution in [2.45, 2.75) is 49.3 Å². The fourth-order valence-corrected chi connectivity index (χ4v) is 3.86. The molecule has 3 amide bonds. The Labute approximate surface area is 176 Å². The van der Waals surface area contributed by atoms with Crippen LogP contribution in [0.1, 0.15) is 38.2 Å². The van der Waals surface area contributed by atoms with Gasteiger partial charge in [-0.05, 0) is 74.0 Å². The van der Waals surface area contributed by atoms with Crippen LogP contribution in [0.4, 0.5) is 23.7 Å². The van der Waals surface area contributed by atoms with E-state index in [0.717, 1.165) is 10.6 Å². The van der Waals surface area contributed by atoms with Crippen molar-refractivity contribution in [3.05, 3.63) is 53.9 Å². The van der Waals surface area contributed by atoms with E-state index >= 15 is 0 Å². The van der Waals surface area contributed by atoms with Crippen LogP contribution >= 0.6 is 11.8 Å². The second kappa shape index (κ2) is 7.92. The molecule has 6 nitrogen and oxygen atoms in total. The van der Waals surface area contributed by atoms with E-state index in [4.69, 9.17) is 5.73 Å². The van der Waals surface area contributed by atoms with Gasteiger partial charge in [-0.2, -0.15) is 13.2 Å². The molecule has 1 aromatic heterocycles. The maximum absolute atomic E-state index is 13.2. The number of rotatable bonds is 5. The lowest BCUT2D eigenvalue weighted by molar-refractivity contribution is -0.124. The topological polar surface area (TPSA) is 79.5 Å². The predicted octanol–water partition coefficient (Wildman–Crippen LogP) is 4.46. The number of carbonyl (C=O) groups excluding carboxylic acids is 2. The zero-order valence-corrected chi connectivity index (χ0v) is 17.4. The molecule has 1 saturated heterocycles. The molecule has 30 heavy (non-hydrogen) atoms. The maximum atomic E-state index is 13.2. The Morgan fingerprint density at radius 1 is 1.17 bits per heavy atom. The highest BCUT2D eigenvalue weighted by Crippen LogP contribution is 2.39. The van der Waals surface area contributed by atoms with E-state index in [1.807, 2.05) is 6.92 Å². The summed E-state index contributed by atoms with van der Waals surface area (Å²) < 4.78 is 37.6. The van der Waals surface area contributed by atoms with Gasteiger partial charge in [0.1, 0.15) is 11.7 Å². The van der Waals surface area contributed by atoms with Crippen LogP contribution < -0.4 is 10.6 Å². The fourth-order valence-electron chi connectivity index (χ4n) is 3.32. The van der Waals surface area contributed by atoms with Crippen LogP contribution in [0.2, 0.25) is 0 Å². The number of urea groups is 1. The molecular formula is C20H21F3N4O2S. The van der Waals surface area contributed by atoms with E-state index in [9.17, 15) is 22.8 Å². The molecule has 0 spiro atoms. The van der Waals surface area contributed by atoms with E-state index in [1.165, 1.54) is 29.2 Å². The number of imide groups is 1. The number of halogens is 3. The lowest BCUT2D eigenvalue weighted by Gasteiger charge is -2.33. The van der Waals surface area contributed by atoms with Gasteiger partial charge in [0.25, 0.3) is 5.91 Å². The Morgan fingerprint density at radius 3 is 2.37 bits per heavy atom. The lowest BCUT2D eigenvalue weighted by atomic mass is 10.0. The summed E-state index contributed by atoms with van der Waals surface area (Å²) in [4.78, 5) is 32.6. The van der Waals surface area contributed by atoms with Crippen molar-refractivity contribution < 1.29 is 22.8 Å². The molecule has 2 heterocycles. The summed E-state index contributed by atoms with van der Waals surface area (Å²) in [6, 6.07) is 7.91. The molecule has 2 aromatic rings. The van der Waals surface area contributed by atoms with Gasteiger partial charge in [0.15, 0.2) is 0 Å². The summed E-state index contributed by atoms with van der Waals surface area (Å²) in [6.07, 6.45) is 1.39. The second-order valence-corrected chi connectivity index (χ2v) is 8.41. The molecule has 1 fully saturated rings. The number of carbonyl (C=O) groups is 2. The van der Waals surface area contributed by atoms with Crippen molar-refractivity contribution >= 4 is 29.4 Å². The van der Waals surface area contributed by atoms with Crippen LogP contribution in [0, 0.1) is 0 Å². The van der Waals surface area contributed by atoms with Gasteiger partial charge in [0.2, 0.25) is 0 Å². The monoisotopic (exact) mass is 438 g/mol. The zero-order valence-electron chi connectivity index (χ0n) is 16.6. The van der Waals surface area contributed by atoms with Crippen LogP contribution in [0.25, 0.3) is 0 Å². The summed E-state index contributed by atoms with van der Waals surface area (Å²) >= 11 is -0.265. The molecule has 1 aliphatic heterocycles. The standard InChI is InChI=1S/C20H21F3N4O2S/c1-4-13-11-12(9-10-25-13)16(24)27-18(29)26(17(28)19(27,2)3)14-5-7-15(8-6-14)30-20(21,22)23/h5-11,16H,4,24H2,1-3H3. The largest absolute Gasteiger partial charge is 0.446 e. The number of amides is 3. The Bertz CT molecular complexity index is 963. The quantitative estimate of drug-likeness (QED) is 0.551. The predicted molar refractivity (Wildman–Crippen MR) is 108 cm³/mol. The van der Waals surface area contributed by atoms with Gasteiger partial charge in [0.05, 0.1) is 5.69 Å². The number of hydrogen-bond acceptors (Lipinski definition) is 5. The van der Waals surface area contributed by atoms with Crippen LogP contribution in [-0.4, -0.2) is 32.9 Å². The lowest BCUT2D eigenvalue weighted by Crippen LogP contribution is -2.49. The third-order valence-electron chi connectivity index (χ3n) is 4.88. The van der Waals surface area contributed by atoms with E-state index in [0.29, 0.717) is 12.0 Å². The Hall–Kier alpha value is -2.59. The Balaban J connectivity index is 1.92. The molecule has 3 rings (SSSR count). The molecule has 2 N–H and O–H groups in total. The number of aryl methyl sites for hydroxylation is 1. The van der Waals surface area contributed by atoms with Gasteiger partial charge in [-0.1, -0.05) is 6.92 Å². The van der Waals surface area contributed by atoms with Crippen LogP contribution in [0.3, 0.4) is 0 Å². The molecule has 0 saturated carbocycles. The van der Waals surface area contributed by atoms with E-state index in [2.05, 4.69) is 4.98 Å². The van der Waals surface area contributed by atoms with E-state index in [1.54, 1.807) is 32.2 Å². The number of benzene rings is 1. The second-order valence-electron chi connectivity index (χ2n) is 7.27. The molecule has 0 aliphatic carbocycles. The van der Waals surface area contributed by atoms with Crippen LogP contribution in [0.15, 0.2) is 47.5 Å². The summed E-state index contributed by atoms with van der Waals surface area (Å²) in [6.45, 7) is 5.11. The molecule has 1 aliphatic rings. The highest BCUT2D eigenvalue weighted by atomic mass is 32.2. The first-order valence-electron chi connectivity index (χ1n) is 9.19. The average Bonchev–Trinajstić information content (AvgIpc) is 2.85. The van der Waals surface area contributed by atoms with Gasteiger partial charge in [0, 0.05) is 16.8 Å². The van der Waals surface area contributed by atoms with Crippen molar-refractivity contribution in [3.8, 4) is 0 Å². The van der Waals surface area contributed by atoms with Crippen molar-refractivity contribution in [3.63, 3.8) is 0 Å². The van der Waals surface area contributed by atoms with Gasteiger partial charge in [-0.15, -0.1) is 0 Å². The first kappa shape index (κ1) is 22.1. The molecule has 10 heteroatoms. The van der Waals surface area contributed by atoms with Gasteiger partial charge in [-0.25, -0.2) is 9.69 Å². The van der Waals surface area contributed by atoms with Crippen molar-refractivity contribution in [2.75, 3.05) is 4.90 Å². The summed E-state index contributed by atoms with van der Waals surface area (Å²) in [5.74, 6) is -0.510. The molecule has 0 radical (unpaired) electrons. The molecule has 160 valence electrons. The highest BCUT2D eigenvalue weighted by molar-refractivity contribution is 8.00. The first-order chi connectivity index (χ1) is 14.0. The number of hydrogen-bond donors (Lipinski definition) is 1. The Morgan fingerprint density at radius 2 is 1.80 bits per heavy atom. The van der Waals surface area contributed by atoms with Crippen LogP contribution in [0.5, 0.6) is 0 Å². The summed E-state index contributed by atoms with van der Waals surface area (Å²) in [5.41, 5.74) is 2.31. The Kier molecular flexibility index (Phi) is 5.83. The summed E-state index contributed by atoms with van der Waals surface area (Å²) in [5, 5.41) is 0. The SMILES string of the molecule is CCc1cc(C(N)N2C(=O)N(c3ccc(SC(F)(F)F)cc3)C(=O)C2(C)C)ccn1. The molecule has 1 unspecified atom stereocenters. The van der Waals surface area contributed by atoms with Crippen molar-refractivity contribution in [2.24, 2.45) is 5.73 Å². The molecule has 1 atom stereocenters. The van der Waals surface area contributed by atoms with Gasteiger partial charge >= 0.3 is 11.5 Å². The number of nitrogens with zero attached hydrogens (tertiary/aromatic N) is 3. The number of thioether (sulfide) groups is 1. The molecular weight excluding hydrogens is 417 g/mol. The normalized spacial score (nSPS) is 17.6. The van der Waals surface area contributed by atoms with Gasteiger partial charge in [-0.3, -0.25) is 14.7 Å². The summed E-state index contributed by atoms with van der Waals surface area (Å²) in [7, 11) is 0. The molecule has 0 bridgehead atoms. The maximum Gasteiger partial charge on any atom is 0.446 e. The van der Waals surface area contributed by atoms with E-state index in [-0.39, 0.29) is 22.3 Å². The minimum atomic E-state index is -4.42. The van der Waals surface area contributed by atoms with Gasteiger partial charge < -0.3 is 5.73 Å². The molecule has 1 aromatic carbocycles. The average molecular weight is 438 g/mol. The minimum Gasteiger partial charge on any atom is -0.307 e. The third kappa shape index (κ3) is 4.15. The highest BCUT2D eigenvalue weighted by Gasteiger charge is 2.54. The van der Waals surface area contributed by atoms with Crippen molar-refractivity contribution in [1.82, 2.24) is 9.88 Å². The third-order valence-corrected chi connectivity index (χ3v) is 5.62. The van der Waals surface area contributed by atoms with Crippen LogP contribution in [-0.2, 0) is 11.2 Å². The number of aromatic nitrogens is 1. The van der Waals surface area contributed by atoms with Crippen molar-refractivity contribution in [1.29, 1.82) is 0 Å². The zero-order chi connectivity index (χ0) is 22.3. The number of anilines is 1. The fraction of sp³-hybridized carbons (Fsp3) is 0.350. The number of pyridine rings is 1. The number of nitrogens with two attached hydrogens (primary N) is 1.